The van der Waals surface area contributed by atoms with Crippen LogP contribution >= 0.6 is 0 Å². The molecule has 1 unspecified atom stereocenters. The zero-order valence-corrected chi connectivity index (χ0v) is 23.3. The Balaban J connectivity index is 1.70. The number of allylic oxidation sites excluding steroid dienone is 4. The van der Waals surface area contributed by atoms with E-state index in [2.05, 4.69) is 47.6 Å². The Morgan fingerprint density at radius 2 is 1.63 bits per heavy atom. The molecule has 0 aromatic heterocycles. The first-order chi connectivity index (χ1) is 16.1. The fraction of sp³-hybridized carbons (Fsp3) is 0.781. The van der Waals surface area contributed by atoms with Crippen LogP contribution in [0.3, 0.4) is 0 Å². The van der Waals surface area contributed by atoms with Crippen molar-refractivity contribution in [1.82, 2.24) is 0 Å². The summed E-state index contributed by atoms with van der Waals surface area (Å²) in [6.45, 7) is 18.3. The molecule has 7 atom stereocenters. The lowest BCUT2D eigenvalue weighted by Crippen LogP contribution is -2.64. The summed E-state index contributed by atoms with van der Waals surface area (Å²) in [4.78, 5) is 27.5. The largest absolute Gasteiger partial charge is 0.295 e. The second-order valence-corrected chi connectivity index (χ2v) is 15.0. The molecule has 0 bridgehead atoms. The maximum absolute atomic E-state index is 14.3. The zero-order chi connectivity index (χ0) is 25.8. The summed E-state index contributed by atoms with van der Waals surface area (Å²) in [7, 11) is 0. The first-order valence-electron chi connectivity index (χ1n) is 14.1. The minimum absolute atomic E-state index is 0.0345. The van der Waals surface area contributed by atoms with E-state index in [-0.39, 0.29) is 39.4 Å². The number of nitriles is 1. The molecule has 0 aromatic carbocycles. The van der Waals surface area contributed by atoms with E-state index in [0.29, 0.717) is 17.1 Å². The van der Waals surface area contributed by atoms with E-state index in [9.17, 15) is 14.9 Å². The quantitative estimate of drug-likeness (QED) is 0.392. The van der Waals surface area contributed by atoms with Gasteiger partial charge in [-0.05, 0) is 84.5 Å². The summed E-state index contributed by atoms with van der Waals surface area (Å²) >= 11 is 0. The van der Waals surface area contributed by atoms with E-state index < -0.39 is 10.8 Å². The molecule has 5 aliphatic carbocycles. The minimum atomic E-state index is -0.602. The van der Waals surface area contributed by atoms with Crippen molar-refractivity contribution in [3.63, 3.8) is 0 Å². The van der Waals surface area contributed by atoms with Gasteiger partial charge in [-0.3, -0.25) is 9.59 Å². The zero-order valence-electron chi connectivity index (χ0n) is 23.3. The van der Waals surface area contributed by atoms with Crippen molar-refractivity contribution >= 4 is 11.6 Å². The topological polar surface area (TPSA) is 57.9 Å². The molecular formula is C32H45NO2. The van der Waals surface area contributed by atoms with Gasteiger partial charge in [-0.15, -0.1) is 0 Å². The number of hydrogen-bond donors (Lipinski definition) is 0. The Bertz CT molecular complexity index is 1100. The lowest BCUT2D eigenvalue weighted by molar-refractivity contribution is -0.171. The molecular weight excluding hydrogens is 430 g/mol. The third kappa shape index (κ3) is 2.95. The molecule has 0 radical (unpaired) electrons. The highest BCUT2D eigenvalue weighted by Gasteiger charge is 2.69. The van der Waals surface area contributed by atoms with Gasteiger partial charge >= 0.3 is 0 Å². The number of carbonyl (C=O) groups excluding carboxylic acids is 2. The van der Waals surface area contributed by atoms with Gasteiger partial charge in [-0.25, -0.2) is 0 Å². The molecule has 190 valence electrons. The second-order valence-electron chi connectivity index (χ2n) is 15.0. The van der Waals surface area contributed by atoms with Crippen LogP contribution in [0.5, 0.6) is 0 Å². The van der Waals surface area contributed by atoms with Crippen molar-refractivity contribution in [3.8, 4) is 6.07 Å². The Labute approximate surface area is 212 Å². The van der Waals surface area contributed by atoms with Crippen molar-refractivity contribution in [2.45, 2.75) is 107 Å². The number of nitrogens with zero attached hydrogens (tertiary/aromatic N) is 1. The molecule has 35 heavy (non-hydrogen) atoms. The molecule has 0 aromatic rings. The maximum Gasteiger partial charge on any atom is 0.178 e. The van der Waals surface area contributed by atoms with Gasteiger partial charge in [0.25, 0.3) is 0 Å². The van der Waals surface area contributed by atoms with Gasteiger partial charge in [0.15, 0.2) is 11.6 Å². The second kappa shape index (κ2) is 7.20. The lowest BCUT2D eigenvalue weighted by Gasteiger charge is -2.69. The van der Waals surface area contributed by atoms with Crippen LogP contribution in [-0.2, 0) is 9.59 Å². The van der Waals surface area contributed by atoms with Crippen LogP contribution < -0.4 is 0 Å². The maximum atomic E-state index is 14.3. The minimum Gasteiger partial charge on any atom is -0.295 e. The summed E-state index contributed by atoms with van der Waals surface area (Å²) in [5.74, 6) is 0.912. The van der Waals surface area contributed by atoms with Crippen LogP contribution in [0, 0.1) is 61.6 Å². The highest BCUT2D eigenvalue weighted by atomic mass is 16.1. The molecule has 0 aliphatic heterocycles. The van der Waals surface area contributed by atoms with E-state index in [0.717, 1.165) is 25.7 Å². The van der Waals surface area contributed by atoms with Crippen LogP contribution in [0.4, 0.5) is 0 Å². The van der Waals surface area contributed by atoms with Crippen molar-refractivity contribution in [2.75, 3.05) is 0 Å². The standard InChI is InChI=1S/C32H45NO2/c1-9-32-14-12-27(2,3)18-21(32)25-22(34)16-24-29(6)17-20(19-33)26(35)28(4,5)23(29)10-11-30(24,7)31(25,8)13-15-32/h16-17,21,23,25H,9-15,18H2,1-8H3/t21?,23-,25+,29-,30+,31+,32+/m0/s1. The first-order valence-corrected chi connectivity index (χ1v) is 14.1. The Morgan fingerprint density at radius 1 is 0.971 bits per heavy atom. The molecule has 3 fully saturated rings. The predicted molar refractivity (Wildman–Crippen MR) is 139 cm³/mol. The number of fused-ring (bicyclic) bond motifs is 7. The Hall–Kier alpha value is -1.69. The molecule has 3 saturated carbocycles. The Morgan fingerprint density at radius 3 is 2.26 bits per heavy atom. The van der Waals surface area contributed by atoms with Crippen LogP contribution in [0.2, 0.25) is 0 Å². The highest BCUT2D eigenvalue weighted by Crippen LogP contribution is 2.74. The average molecular weight is 476 g/mol. The average Bonchev–Trinajstić information content (AvgIpc) is 2.77. The van der Waals surface area contributed by atoms with E-state index in [1.165, 1.54) is 31.3 Å². The van der Waals surface area contributed by atoms with Gasteiger partial charge in [0, 0.05) is 16.7 Å². The summed E-state index contributed by atoms with van der Waals surface area (Å²) in [6, 6.07) is 2.21. The predicted octanol–water partition coefficient (Wildman–Crippen LogP) is 7.62. The summed E-state index contributed by atoms with van der Waals surface area (Å²) in [6.07, 6.45) is 13.1. The van der Waals surface area contributed by atoms with Crippen LogP contribution in [0.1, 0.15) is 107 Å². The van der Waals surface area contributed by atoms with E-state index >= 15 is 0 Å². The number of hydrogen-bond acceptors (Lipinski definition) is 3. The van der Waals surface area contributed by atoms with Crippen molar-refractivity contribution < 1.29 is 9.59 Å². The van der Waals surface area contributed by atoms with Crippen LogP contribution in [0.15, 0.2) is 23.3 Å². The molecule has 5 rings (SSSR count). The third-order valence-corrected chi connectivity index (χ3v) is 12.7. The first kappa shape index (κ1) is 25.0. The summed E-state index contributed by atoms with van der Waals surface area (Å²) < 4.78 is 0. The van der Waals surface area contributed by atoms with Crippen molar-refractivity contribution in [1.29, 1.82) is 5.26 Å². The molecule has 3 heteroatoms. The van der Waals surface area contributed by atoms with Gasteiger partial charge in [0.2, 0.25) is 0 Å². The van der Waals surface area contributed by atoms with E-state index in [4.69, 9.17) is 0 Å². The van der Waals surface area contributed by atoms with Crippen LogP contribution in [-0.4, -0.2) is 11.6 Å². The van der Waals surface area contributed by atoms with Gasteiger partial charge < -0.3 is 0 Å². The van der Waals surface area contributed by atoms with Gasteiger partial charge in [-0.2, -0.15) is 5.26 Å². The highest BCUT2D eigenvalue weighted by molar-refractivity contribution is 6.04. The normalized spacial score (nSPS) is 47.8. The van der Waals surface area contributed by atoms with Gasteiger partial charge in [0.05, 0.1) is 5.57 Å². The molecule has 0 N–H and O–H groups in total. The third-order valence-electron chi connectivity index (χ3n) is 12.7. The lowest BCUT2D eigenvalue weighted by atomic mass is 9.34. The molecule has 0 spiro atoms. The van der Waals surface area contributed by atoms with Crippen molar-refractivity contribution in [2.24, 2.45) is 50.2 Å². The fourth-order valence-electron chi connectivity index (χ4n) is 10.4. The number of rotatable bonds is 1. The number of ketones is 2. The summed E-state index contributed by atoms with van der Waals surface area (Å²) in [5.41, 5.74) is 0.828. The fourth-order valence-corrected chi connectivity index (χ4v) is 10.4. The van der Waals surface area contributed by atoms with E-state index in [1.54, 1.807) is 0 Å². The molecule has 0 saturated heterocycles. The smallest absolute Gasteiger partial charge is 0.178 e. The molecule has 0 amide bonds. The van der Waals surface area contributed by atoms with Gasteiger partial charge in [-0.1, -0.05) is 73.5 Å². The number of carbonyl (C=O) groups is 2. The molecule has 0 heterocycles. The van der Waals surface area contributed by atoms with E-state index in [1.807, 2.05) is 26.0 Å². The van der Waals surface area contributed by atoms with Crippen molar-refractivity contribution in [3.05, 3.63) is 23.3 Å². The number of Topliss-reactive ketones (excluding diaryl/α,β-unsaturated/α-hetero) is 1. The monoisotopic (exact) mass is 475 g/mol. The summed E-state index contributed by atoms with van der Waals surface area (Å²) in [5, 5.41) is 9.86. The van der Waals surface area contributed by atoms with Crippen LogP contribution in [0.25, 0.3) is 0 Å². The SMILES string of the molecule is CC[C@]12CCC(C)(C)CC1[C@@H]1C(=O)C=C3[C@@]4(C)C=C(C#N)C(=O)C(C)(C)[C@@H]4CC[C@@]3(C)[C@]1(C)CC2. The molecule has 5 aliphatic rings. The van der Waals surface area contributed by atoms with Gasteiger partial charge in [0.1, 0.15) is 6.07 Å². The Kier molecular flexibility index (Phi) is 5.14. The molecule has 3 nitrogen and oxygen atoms in total.